The van der Waals surface area contributed by atoms with Crippen LogP contribution in [0, 0.1) is 50.2 Å². The van der Waals surface area contributed by atoms with E-state index in [1.54, 1.807) is 19.2 Å². The molecule has 3 aromatic rings. The molecule has 55 nitrogen and oxygen atoms in total. The molecule has 3 fully saturated rings. The first-order valence-corrected chi connectivity index (χ1v) is 50.1. The molecule has 0 unspecified atom stereocenters. The lowest BCUT2D eigenvalue weighted by atomic mass is 9.84. The van der Waals surface area contributed by atoms with Crippen molar-refractivity contribution >= 4 is 153 Å². The van der Waals surface area contributed by atoms with Gasteiger partial charge in [0.25, 0.3) is 5.91 Å². The topological polar surface area (TPSA) is 937 Å². The van der Waals surface area contributed by atoms with Crippen molar-refractivity contribution in [2.75, 3.05) is 62.7 Å². The molecule has 44 N–H and O–H groups in total. The molecule has 2 aromatic heterocycles. The van der Waals surface area contributed by atoms with E-state index in [4.69, 9.17) is 84.1 Å². The quantitative estimate of drug-likeness (QED) is 0.0143. The minimum atomic E-state index is -1.58. The second kappa shape index (κ2) is 63.1. The Bertz CT molecular complexity index is 4980. The standard InChI is InChI=1S/C92H155N39O16/c1-49(73(134)120-58(71(94)133)26-14-38-108-86(95)96)115-78(139)60(28-16-40-110-88(99)100)124-83(144)66(45-53-22-10-6-11-23-53)127-81(142)63(31-19-43-113-91(105)106)122-75(136)51(3)117-79(140)61(29-17-41-111-89(101)102)125-84(145)67(46-54-24-12-7-13-25-54)128-80(141)62(30-18-42-112-90(103)104)121-74(135)50(2)116-77(138)59(27-15-39-109-87(97)98)123-82(143)65(44-52-20-8-5-9-21-52)119-68(132)37-36-64(85(146)147)126-76(137)55-32-34-57(35-33-55)131(4)48-56-47-114-72-69(118-56)70(93)129-92(107)130-72/h32-35,47,49-54,58-67H,5-31,36-46,48H2,1-4H3,(H2,94,133)(H,115,139)(H,116,138)(H,117,140)(H,119,132)(H,120,134)(H,121,135)(H,122,136)(H,123,143)(H,124,144)(H,125,145)(H,126,137)(H,127,142)(H,128,141)(H,146,147)(H4,95,96,108)(H4,97,98,109)(H4,99,100,110)(H4,101,102,111)(H4,103,104,112)(H4,105,106,113)(H4,93,107,114,129,130)/t49-,50-,51-,58+,59+,60+,61+,62+,63+,64-,65-,66-,67-/m0/s1. The van der Waals surface area contributed by atoms with E-state index in [2.05, 4.69) is 121 Å². The maximum atomic E-state index is 15.2. The molecule has 0 bridgehead atoms. The lowest BCUT2D eigenvalue weighted by Gasteiger charge is -2.30. The van der Waals surface area contributed by atoms with Crippen LogP contribution < -0.4 is 158 Å². The van der Waals surface area contributed by atoms with Gasteiger partial charge in [-0.2, -0.15) is 9.97 Å². The number of fused-ring (bicyclic) bond motifs is 1. The Labute approximate surface area is 853 Å². The first-order valence-electron chi connectivity index (χ1n) is 50.1. The van der Waals surface area contributed by atoms with Crippen molar-refractivity contribution in [3.63, 3.8) is 0 Å². The number of nitrogens with one attached hydrogen (secondary N) is 25. The molecule has 3 aliphatic rings. The van der Waals surface area contributed by atoms with E-state index in [0.717, 1.165) is 57.8 Å². The van der Waals surface area contributed by atoms with Gasteiger partial charge in [0.2, 0.25) is 82.7 Å². The summed E-state index contributed by atoms with van der Waals surface area (Å²) >= 11 is 0. The highest BCUT2D eigenvalue weighted by atomic mass is 16.4. The van der Waals surface area contributed by atoms with Gasteiger partial charge in [-0.15, -0.1) is 0 Å². The first-order chi connectivity index (χ1) is 69.8. The van der Waals surface area contributed by atoms with E-state index >= 15 is 9.59 Å². The number of amides is 14. The molecule has 147 heavy (non-hydrogen) atoms. The fraction of sp³-hybridized carbons (Fsp3) is 0.641. The number of hydrogen-bond acceptors (Lipinski definition) is 28. The number of nitrogens with two attached hydrogens (primary N) is 9. The van der Waals surface area contributed by atoms with Crippen LogP contribution in [0.1, 0.15) is 242 Å². The van der Waals surface area contributed by atoms with Crippen LogP contribution in [-0.4, -0.2) is 274 Å². The Morgan fingerprint density at radius 1 is 0.361 bits per heavy atom. The van der Waals surface area contributed by atoms with Crippen LogP contribution in [0.2, 0.25) is 0 Å². The maximum absolute atomic E-state index is 15.2. The second-order valence-electron chi connectivity index (χ2n) is 37.6. The molecule has 13 atom stereocenters. The molecular formula is C92H155N39O16. The second-order valence-corrected chi connectivity index (χ2v) is 37.6. The predicted octanol–water partition coefficient (Wildman–Crippen LogP) is -4.96. The Balaban J connectivity index is 1.19. The monoisotopic (exact) mass is 2060 g/mol. The van der Waals surface area contributed by atoms with Crippen LogP contribution in [0.4, 0.5) is 17.5 Å². The van der Waals surface area contributed by atoms with Crippen LogP contribution in [0.5, 0.6) is 0 Å². The molecule has 6 rings (SSSR count). The van der Waals surface area contributed by atoms with Crippen molar-refractivity contribution in [2.24, 2.45) is 57.9 Å². The minimum Gasteiger partial charge on any atom is -0.480 e. The lowest BCUT2D eigenvalue weighted by molar-refractivity contribution is -0.140. The van der Waals surface area contributed by atoms with Crippen molar-refractivity contribution in [3.05, 3.63) is 41.7 Å². The van der Waals surface area contributed by atoms with Crippen molar-refractivity contribution in [1.29, 1.82) is 32.5 Å². The number of nitrogens with zero attached hydrogens (tertiary/aromatic N) is 5. The largest absolute Gasteiger partial charge is 0.480 e. The smallest absolute Gasteiger partial charge is 0.326 e. The number of guanidine groups is 6. The third-order valence-corrected chi connectivity index (χ3v) is 25.5. The van der Waals surface area contributed by atoms with E-state index < -0.39 is 204 Å². The van der Waals surface area contributed by atoms with Crippen LogP contribution in [-0.2, 0) is 73.7 Å². The number of carboxylic acid groups (broad SMARTS) is 1. The number of anilines is 3. The van der Waals surface area contributed by atoms with Crippen molar-refractivity contribution in [2.45, 2.75) is 311 Å². The Morgan fingerprint density at radius 2 is 0.653 bits per heavy atom. The fourth-order valence-corrected chi connectivity index (χ4v) is 17.5. The number of carbonyl (C=O) groups is 15. The number of aromatic nitrogens is 4. The number of nitrogen functional groups attached to an aromatic ring is 2. The van der Waals surface area contributed by atoms with Crippen LogP contribution in [0.25, 0.3) is 11.2 Å². The molecule has 3 saturated carbocycles. The summed E-state index contributed by atoms with van der Waals surface area (Å²) in [6.07, 6.45) is 12.4. The number of aliphatic carboxylic acids is 1. The Hall–Kier alpha value is -15.3. The summed E-state index contributed by atoms with van der Waals surface area (Å²) in [5, 5.41) is 107. The van der Waals surface area contributed by atoms with Crippen molar-refractivity contribution in [1.82, 2.24) is 121 Å². The third-order valence-electron chi connectivity index (χ3n) is 25.5. The zero-order chi connectivity index (χ0) is 108. The highest BCUT2D eigenvalue weighted by molar-refractivity contribution is 6.01. The third kappa shape index (κ3) is 45.3. The number of rotatable bonds is 63. The molecule has 3 aliphatic carbocycles. The zero-order valence-corrected chi connectivity index (χ0v) is 84.2. The SMILES string of the molecule is C[C@H](NC(=O)[C@@H](CCCNC(=N)N)NC(=O)[C@H](CC1CCCCC1)NC(=O)CC[C@H](NC(=O)c1ccc(N(C)Cc2cnc3nc(N)nc(N)c3n2)cc1)C(=O)O)C(=O)N[C@H](CCCNC(=N)N)C(=O)N[C@@H](CC1CCCCC1)C(=O)N[C@H](CCCNC(=N)N)C(=O)N[C@@H](C)C(=O)N[C@H](CCCNC(=N)N)C(=O)N[C@@H](CC1CCCCC1)C(=O)N[C@H](CCCNC(=N)N)C(=O)N[C@@H](C)C(=O)N[C@H](CCCNC(=N)N)C(N)=O. The van der Waals surface area contributed by atoms with E-state index in [-0.39, 0.29) is 200 Å². The van der Waals surface area contributed by atoms with Gasteiger partial charge >= 0.3 is 5.97 Å². The maximum Gasteiger partial charge on any atom is 0.326 e. The number of hydrogen-bond donors (Lipinski definition) is 35. The molecule has 0 radical (unpaired) electrons. The molecule has 1 aromatic carbocycles. The number of primary amides is 1. The van der Waals surface area contributed by atoms with Gasteiger partial charge in [-0.25, -0.2) is 14.8 Å². The fourth-order valence-electron chi connectivity index (χ4n) is 17.5. The summed E-state index contributed by atoms with van der Waals surface area (Å²) in [5.41, 5.74) is 52.5. The number of carbonyl (C=O) groups excluding carboxylic acids is 14. The summed E-state index contributed by atoms with van der Waals surface area (Å²) in [5.74, 6) is -16.1. The van der Waals surface area contributed by atoms with Gasteiger partial charge in [-0.05, 0) is 166 Å². The average Bonchev–Trinajstić information content (AvgIpc) is 0.805. The van der Waals surface area contributed by atoms with Gasteiger partial charge in [-0.1, -0.05) is 96.3 Å². The zero-order valence-electron chi connectivity index (χ0n) is 84.2. The van der Waals surface area contributed by atoms with Gasteiger partial charge in [0.1, 0.15) is 78.5 Å². The predicted molar refractivity (Wildman–Crippen MR) is 548 cm³/mol. The Kier molecular flexibility index (Phi) is 51.7. The summed E-state index contributed by atoms with van der Waals surface area (Å²) in [4.78, 5) is 233. The first kappa shape index (κ1) is 120. The summed E-state index contributed by atoms with van der Waals surface area (Å²) in [7, 11) is 1.77. The van der Waals surface area contributed by atoms with E-state index in [0.29, 0.717) is 49.9 Å². The van der Waals surface area contributed by atoms with Gasteiger partial charge in [0, 0.05) is 64.0 Å². The normalized spacial score (nSPS) is 15.9. The molecular weight excluding hydrogens is 1910 g/mol. The van der Waals surface area contributed by atoms with Crippen LogP contribution >= 0.6 is 0 Å². The lowest BCUT2D eigenvalue weighted by Crippen LogP contribution is -2.60. The van der Waals surface area contributed by atoms with E-state index in [1.807, 2.05) is 4.90 Å². The van der Waals surface area contributed by atoms with Crippen molar-refractivity contribution < 1.29 is 77.0 Å². The molecule has 0 saturated heterocycles. The molecule has 55 heteroatoms. The number of carboxylic acids is 1. The number of benzene rings is 1. The van der Waals surface area contributed by atoms with Gasteiger partial charge in [-0.3, -0.25) is 99.6 Å². The Morgan fingerprint density at radius 3 is 0.973 bits per heavy atom. The van der Waals surface area contributed by atoms with E-state index in [1.165, 1.54) is 39.1 Å². The summed E-state index contributed by atoms with van der Waals surface area (Å²) < 4.78 is 0. The molecule has 0 spiro atoms. The van der Waals surface area contributed by atoms with Crippen LogP contribution in [0.3, 0.4) is 0 Å². The average molecular weight is 2060 g/mol. The van der Waals surface area contributed by atoms with Crippen LogP contribution in [0.15, 0.2) is 30.5 Å². The highest BCUT2D eigenvalue weighted by Crippen LogP contribution is 2.31. The summed E-state index contributed by atoms with van der Waals surface area (Å²) in [6.45, 7) is 4.53. The van der Waals surface area contributed by atoms with E-state index in [9.17, 15) is 67.4 Å². The molecule has 2 heterocycles. The van der Waals surface area contributed by atoms with Gasteiger partial charge in [0.15, 0.2) is 52.7 Å². The molecule has 814 valence electrons. The highest BCUT2D eigenvalue weighted by Gasteiger charge is 2.39. The molecule has 0 aliphatic heterocycles. The van der Waals surface area contributed by atoms with Gasteiger partial charge in [0.05, 0.1) is 18.4 Å². The minimum absolute atomic E-state index is 0.00871. The summed E-state index contributed by atoms with van der Waals surface area (Å²) in [6, 6.07) is -12.2. The van der Waals surface area contributed by atoms with Crippen molar-refractivity contribution in [3.8, 4) is 0 Å². The molecule has 14 amide bonds. The van der Waals surface area contributed by atoms with Gasteiger partial charge < -0.3 is 163 Å².